The average molecular weight is 183 g/mol. The Bertz CT molecular complexity index is 150. The summed E-state index contributed by atoms with van der Waals surface area (Å²) >= 11 is 0. The van der Waals surface area contributed by atoms with Crippen LogP contribution in [0.15, 0.2) is 0 Å². The molecule has 0 amide bonds. The molecule has 2 rings (SSSR count). The third kappa shape index (κ3) is 3.28. The summed E-state index contributed by atoms with van der Waals surface area (Å²) in [6.07, 6.45) is 6.83. The Labute approximate surface area is 81.0 Å². The lowest BCUT2D eigenvalue weighted by Crippen LogP contribution is -2.42. The van der Waals surface area contributed by atoms with E-state index < -0.39 is 0 Å². The first-order valence-corrected chi connectivity index (χ1v) is 5.68. The van der Waals surface area contributed by atoms with Crippen LogP contribution in [0.4, 0.5) is 0 Å². The van der Waals surface area contributed by atoms with Crippen molar-refractivity contribution in [2.45, 2.75) is 51.1 Å². The van der Waals surface area contributed by atoms with Gasteiger partial charge in [-0.25, -0.2) is 0 Å². The summed E-state index contributed by atoms with van der Waals surface area (Å²) in [5.41, 5.74) is 0. The van der Waals surface area contributed by atoms with Gasteiger partial charge in [-0.15, -0.1) is 0 Å². The maximum atomic E-state index is 5.44. The molecule has 2 nitrogen and oxygen atoms in total. The molecule has 1 aliphatic heterocycles. The molecule has 0 radical (unpaired) electrons. The highest BCUT2D eigenvalue weighted by Gasteiger charge is 2.25. The molecule has 0 aromatic rings. The fourth-order valence-corrected chi connectivity index (χ4v) is 2.20. The van der Waals surface area contributed by atoms with Crippen LogP contribution in [0.3, 0.4) is 0 Å². The monoisotopic (exact) mass is 183 g/mol. The molecule has 13 heavy (non-hydrogen) atoms. The first kappa shape index (κ1) is 9.47. The molecule has 0 aromatic carbocycles. The predicted octanol–water partition coefficient (Wildman–Crippen LogP) is 1.94. The second-order valence-electron chi connectivity index (χ2n) is 4.66. The van der Waals surface area contributed by atoms with E-state index in [-0.39, 0.29) is 0 Å². The summed E-state index contributed by atoms with van der Waals surface area (Å²) < 4.78 is 5.44. The Morgan fingerprint density at radius 3 is 2.85 bits per heavy atom. The minimum Gasteiger partial charge on any atom is -0.380 e. The maximum Gasteiger partial charge on any atom is 0.0619 e. The van der Waals surface area contributed by atoms with Gasteiger partial charge in [0.1, 0.15) is 0 Å². The van der Waals surface area contributed by atoms with Crippen LogP contribution in [0.1, 0.15) is 39.0 Å². The van der Waals surface area contributed by atoms with Crippen molar-refractivity contribution in [1.29, 1.82) is 0 Å². The standard InChI is InChI=1S/C11H21NO/c1-9(7-10-4-5-10)12-11-3-2-6-13-8-11/h9-12H,2-8H2,1H3. The van der Waals surface area contributed by atoms with Crippen molar-refractivity contribution in [3.8, 4) is 0 Å². The van der Waals surface area contributed by atoms with Gasteiger partial charge in [-0.05, 0) is 32.1 Å². The maximum absolute atomic E-state index is 5.44. The quantitative estimate of drug-likeness (QED) is 0.719. The zero-order valence-corrected chi connectivity index (χ0v) is 8.59. The molecule has 0 spiro atoms. The van der Waals surface area contributed by atoms with Gasteiger partial charge in [-0.1, -0.05) is 12.8 Å². The van der Waals surface area contributed by atoms with E-state index >= 15 is 0 Å². The molecule has 76 valence electrons. The van der Waals surface area contributed by atoms with E-state index in [0.29, 0.717) is 12.1 Å². The first-order valence-electron chi connectivity index (χ1n) is 5.68. The van der Waals surface area contributed by atoms with E-state index in [1.165, 1.54) is 32.1 Å². The minimum atomic E-state index is 0.627. The number of hydrogen-bond donors (Lipinski definition) is 1. The summed E-state index contributed by atoms with van der Waals surface area (Å²) in [7, 11) is 0. The molecule has 1 aliphatic carbocycles. The third-order valence-electron chi connectivity index (χ3n) is 3.06. The molecule has 1 saturated heterocycles. The van der Waals surface area contributed by atoms with Gasteiger partial charge in [-0.3, -0.25) is 0 Å². The van der Waals surface area contributed by atoms with Crippen LogP contribution in [0.5, 0.6) is 0 Å². The summed E-state index contributed by atoms with van der Waals surface area (Å²) in [6.45, 7) is 4.21. The zero-order chi connectivity index (χ0) is 9.10. The Morgan fingerprint density at radius 2 is 2.23 bits per heavy atom. The fraction of sp³-hybridized carbons (Fsp3) is 1.00. The van der Waals surface area contributed by atoms with Crippen molar-refractivity contribution in [2.24, 2.45) is 5.92 Å². The highest BCUT2D eigenvalue weighted by molar-refractivity contribution is 4.80. The topological polar surface area (TPSA) is 21.3 Å². The Morgan fingerprint density at radius 1 is 1.38 bits per heavy atom. The minimum absolute atomic E-state index is 0.627. The second-order valence-corrected chi connectivity index (χ2v) is 4.66. The van der Waals surface area contributed by atoms with Gasteiger partial charge < -0.3 is 10.1 Å². The van der Waals surface area contributed by atoms with Gasteiger partial charge in [0.15, 0.2) is 0 Å². The van der Waals surface area contributed by atoms with E-state index in [1.54, 1.807) is 0 Å². The van der Waals surface area contributed by atoms with Gasteiger partial charge in [0, 0.05) is 18.7 Å². The number of hydrogen-bond acceptors (Lipinski definition) is 2. The van der Waals surface area contributed by atoms with Crippen molar-refractivity contribution >= 4 is 0 Å². The van der Waals surface area contributed by atoms with Crippen LogP contribution in [-0.4, -0.2) is 25.3 Å². The Balaban J connectivity index is 1.62. The summed E-state index contributed by atoms with van der Waals surface area (Å²) in [5, 5.41) is 3.67. The molecular weight excluding hydrogens is 162 g/mol. The lowest BCUT2D eigenvalue weighted by molar-refractivity contribution is 0.0665. The molecule has 2 unspecified atom stereocenters. The van der Waals surface area contributed by atoms with Crippen LogP contribution in [0, 0.1) is 5.92 Å². The van der Waals surface area contributed by atoms with Crippen LogP contribution >= 0.6 is 0 Å². The largest absolute Gasteiger partial charge is 0.380 e. The van der Waals surface area contributed by atoms with Gasteiger partial charge >= 0.3 is 0 Å². The molecule has 2 aliphatic rings. The first-order chi connectivity index (χ1) is 6.34. The molecule has 1 saturated carbocycles. The second kappa shape index (κ2) is 4.43. The SMILES string of the molecule is CC(CC1CC1)NC1CCCOC1. The normalized spacial score (nSPS) is 31.6. The lowest BCUT2D eigenvalue weighted by atomic mass is 10.1. The van der Waals surface area contributed by atoms with Crippen molar-refractivity contribution in [3.05, 3.63) is 0 Å². The molecule has 0 aromatic heterocycles. The molecule has 0 bridgehead atoms. The third-order valence-corrected chi connectivity index (χ3v) is 3.06. The Kier molecular flexibility index (Phi) is 3.23. The molecule has 2 heteroatoms. The van der Waals surface area contributed by atoms with Gasteiger partial charge in [0.25, 0.3) is 0 Å². The van der Waals surface area contributed by atoms with Crippen LogP contribution in [-0.2, 0) is 4.74 Å². The van der Waals surface area contributed by atoms with E-state index in [9.17, 15) is 0 Å². The van der Waals surface area contributed by atoms with Crippen molar-refractivity contribution < 1.29 is 4.74 Å². The predicted molar refractivity (Wildman–Crippen MR) is 53.8 cm³/mol. The van der Waals surface area contributed by atoms with Crippen molar-refractivity contribution in [1.82, 2.24) is 5.32 Å². The molecule has 2 fully saturated rings. The van der Waals surface area contributed by atoms with E-state index in [1.807, 2.05) is 0 Å². The average Bonchev–Trinajstić information content (AvgIpc) is 2.90. The zero-order valence-electron chi connectivity index (χ0n) is 8.59. The van der Waals surface area contributed by atoms with E-state index in [0.717, 1.165) is 19.1 Å². The Hall–Kier alpha value is -0.0800. The highest BCUT2D eigenvalue weighted by Crippen LogP contribution is 2.33. The van der Waals surface area contributed by atoms with Crippen LogP contribution in [0.25, 0.3) is 0 Å². The van der Waals surface area contributed by atoms with Gasteiger partial charge in [0.05, 0.1) is 6.61 Å². The molecule has 1 N–H and O–H groups in total. The summed E-state index contributed by atoms with van der Waals surface area (Å²) in [4.78, 5) is 0. The summed E-state index contributed by atoms with van der Waals surface area (Å²) in [5.74, 6) is 1.03. The molecule has 2 atom stereocenters. The smallest absolute Gasteiger partial charge is 0.0619 e. The van der Waals surface area contributed by atoms with Crippen molar-refractivity contribution in [2.75, 3.05) is 13.2 Å². The van der Waals surface area contributed by atoms with Crippen LogP contribution < -0.4 is 5.32 Å². The number of nitrogens with one attached hydrogen (secondary N) is 1. The van der Waals surface area contributed by atoms with Gasteiger partial charge in [-0.2, -0.15) is 0 Å². The number of rotatable bonds is 4. The van der Waals surface area contributed by atoms with E-state index in [2.05, 4.69) is 12.2 Å². The fourth-order valence-electron chi connectivity index (χ4n) is 2.20. The molecule has 1 heterocycles. The van der Waals surface area contributed by atoms with Crippen molar-refractivity contribution in [3.63, 3.8) is 0 Å². The van der Waals surface area contributed by atoms with E-state index in [4.69, 9.17) is 4.74 Å². The highest BCUT2D eigenvalue weighted by atomic mass is 16.5. The summed E-state index contributed by atoms with van der Waals surface area (Å²) in [6, 6.07) is 1.32. The number of ether oxygens (including phenoxy) is 1. The molecular formula is C11H21NO. The van der Waals surface area contributed by atoms with Crippen LogP contribution in [0.2, 0.25) is 0 Å². The van der Waals surface area contributed by atoms with Gasteiger partial charge in [0.2, 0.25) is 0 Å². The lowest BCUT2D eigenvalue weighted by Gasteiger charge is -2.26.